The number of nitrogens with one attached hydrogen (secondary N) is 1. The molecule has 1 heterocycles. The fourth-order valence-electron chi connectivity index (χ4n) is 4.99. The van der Waals surface area contributed by atoms with Crippen molar-refractivity contribution in [3.63, 3.8) is 0 Å². The van der Waals surface area contributed by atoms with Crippen LogP contribution < -0.4 is 10.2 Å². The molecule has 1 amide bonds. The Morgan fingerprint density at radius 2 is 1.50 bits per heavy atom. The minimum atomic E-state index is -0.0294. The molecule has 5 aromatic rings. The third-order valence-corrected chi connectivity index (χ3v) is 7.24. The molecule has 0 saturated heterocycles. The monoisotopic (exact) mass is 475 g/mol. The summed E-state index contributed by atoms with van der Waals surface area (Å²) >= 11 is 0. The Hall–Kier alpha value is -4.05. The highest BCUT2D eigenvalue weighted by Crippen LogP contribution is 2.32. The van der Waals surface area contributed by atoms with Gasteiger partial charge in [-0.1, -0.05) is 60.7 Å². The maximum absolute atomic E-state index is 12.7. The second-order valence-corrected chi connectivity index (χ2v) is 9.41. The third-order valence-electron chi connectivity index (χ3n) is 7.24. The highest BCUT2D eigenvalue weighted by Gasteiger charge is 2.15. The van der Waals surface area contributed by atoms with Crippen LogP contribution in [-0.2, 0) is 6.54 Å². The van der Waals surface area contributed by atoms with E-state index in [0.29, 0.717) is 12.1 Å². The molecule has 0 aliphatic heterocycles. The third kappa shape index (κ3) is 4.59. The molecule has 0 radical (unpaired) electrons. The van der Waals surface area contributed by atoms with Crippen LogP contribution in [0, 0.1) is 0 Å². The second kappa shape index (κ2) is 10.3. The number of hydrogen-bond donors (Lipinski definition) is 1. The van der Waals surface area contributed by atoms with Gasteiger partial charge in [0.2, 0.25) is 0 Å². The minimum absolute atomic E-state index is 0.0294. The van der Waals surface area contributed by atoms with Crippen molar-refractivity contribution >= 4 is 33.4 Å². The van der Waals surface area contributed by atoms with Crippen molar-refractivity contribution in [1.82, 2.24) is 9.88 Å². The van der Waals surface area contributed by atoms with Gasteiger partial charge in [-0.25, -0.2) is 0 Å². The highest BCUT2D eigenvalue weighted by molar-refractivity contribution is 6.09. The van der Waals surface area contributed by atoms with E-state index in [1.807, 2.05) is 42.5 Å². The van der Waals surface area contributed by atoms with E-state index in [-0.39, 0.29) is 11.9 Å². The number of rotatable bonds is 8. The summed E-state index contributed by atoms with van der Waals surface area (Å²) in [6.07, 6.45) is 0.860. The van der Waals surface area contributed by atoms with Gasteiger partial charge in [0.15, 0.2) is 0 Å². The zero-order valence-corrected chi connectivity index (χ0v) is 21.2. The Bertz CT molecular complexity index is 1490. The average molecular weight is 476 g/mol. The topological polar surface area (TPSA) is 37.3 Å². The van der Waals surface area contributed by atoms with Crippen molar-refractivity contribution in [3.05, 3.63) is 103 Å². The van der Waals surface area contributed by atoms with E-state index in [9.17, 15) is 4.79 Å². The van der Waals surface area contributed by atoms with Crippen molar-refractivity contribution in [1.29, 1.82) is 0 Å². The highest BCUT2D eigenvalue weighted by atomic mass is 16.1. The zero-order chi connectivity index (χ0) is 25.1. The second-order valence-electron chi connectivity index (χ2n) is 9.41. The first-order chi connectivity index (χ1) is 17.6. The van der Waals surface area contributed by atoms with Gasteiger partial charge in [0.1, 0.15) is 0 Å². The smallest absolute Gasteiger partial charge is 0.251 e. The van der Waals surface area contributed by atoms with Crippen LogP contribution >= 0.6 is 0 Å². The molecule has 0 aliphatic carbocycles. The van der Waals surface area contributed by atoms with Crippen LogP contribution in [-0.4, -0.2) is 30.1 Å². The number of benzene rings is 4. The molecule has 5 rings (SSSR count). The van der Waals surface area contributed by atoms with Crippen LogP contribution in [0.2, 0.25) is 0 Å². The molecule has 1 atom stereocenters. The van der Waals surface area contributed by atoms with Gasteiger partial charge in [0.05, 0.1) is 0 Å². The minimum Gasteiger partial charge on any atom is -0.372 e. The van der Waals surface area contributed by atoms with Gasteiger partial charge < -0.3 is 14.8 Å². The fraction of sp³-hybridized carbons (Fsp3) is 0.219. The maximum atomic E-state index is 12.7. The van der Waals surface area contributed by atoms with Crippen molar-refractivity contribution in [3.8, 4) is 11.1 Å². The summed E-state index contributed by atoms with van der Waals surface area (Å²) in [6.45, 7) is 5.98. The molecule has 4 heteroatoms. The van der Waals surface area contributed by atoms with Gasteiger partial charge in [-0.05, 0) is 67.8 Å². The van der Waals surface area contributed by atoms with Crippen LogP contribution in [0.5, 0.6) is 0 Å². The first kappa shape index (κ1) is 23.7. The van der Waals surface area contributed by atoms with Gasteiger partial charge in [-0.2, -0.15) is 0 Å². The van der Waals surface area contributed by atoms with Gasteiger partial charge in [0, 0.05) is 59.2 Å². The number of aromatic nitrogens is 1. The van der Waals surface area contributed by atoms with E-state index in [4.69, 9.17) is 0 Å². The zero-order valence-electron chi connectivity index (χ0n) is 21.2. The molecule has 4 aromatic carbocycles. The summed E-state index contributed by atoms with van der Waals surface area (Å²) in [4.78, 5) is 15.0. The number of amides is 1. The maximum Gasteiger partial charge on any atom is 0.251 e. The van der Waals surface area contributed by atoms with E-state index in [0.717, 1.165) is 24.1 Å². The van der Waals surface area contributed by atoms with Crippen LogP contribution in [0.25, 0.3) is 32.9 Å². The summed E-state index contributed by atoms with van der Waals surface area (Å²) in [5.41, 5.74) is 6.70. The first-order valence-electron chi connectivity index (χ1n) is 12.7. The van der Waals surface area contributed by atoms with Crippen LogP contribution in [0.4, 0.5) is 5.69 Å². The van der Waals surface area contributed by atoms with E-state index in [1.54, 1.807) is 0 Å². The van der Waals surface area contributed by atoms with Crippen molar-refractivity contribution in [2.45, 2.75) is 32.9 Å². The van der Waals surface area contributed by atoms with Crippen molar-refractivity contribution in [2.24, 2.45) is 0 Å². The van der Waals surface area contributed by atoms with E-state index < -0.39 is 0 Å². The summed E-state index contributed by atoms with van der Waals surface area (Å²) in [5.74, 6) is -0.0294. The SMILES string of the molecule is CCn1c2ccccc2c2cc(N(C)C(C)CCNC(=O)c3ccc(-c4ccccc4)cc3)ccc21. The molecular weight excluding hydrogens is 442 g/mol. The lowest BCUT2D eigenvalue weighted by molar-refractivity contribution is 0.0952. The molecule has 0 bridgehead atoms. The number of fused-ring (bicyclic) bond motifs is 3. The standard InChI is InChI=1S/C32H33N3O/c1-4-35-30-13-9-8-12-28(30)29-22-27(18-19-31(29)35)34(3)23(2)20-21-33-32(36)26-16-14-25(15-17-26)24-10-6-5-7-11-24/h5-19,22-23H,4,20-21H2,1-3H3,(H,33,36). The molecule has 0 aliphatic rings. The molecule has 4 nitrogen and oxygen atoms in total. The molecule has 1 N–H and O–H groups in total. The molecular formula is C32H33N3O. The molecule has 0 saturated carbocycles. The first-order valence-corrected chi connectivity index (χ1v) is 12.7. The molecule has 0 fully saturated rings. The van der Waals surface area contributed by atoms with Crippen LogP contribution in [0.15, 0.2) is 97.1 Å². The predicted molar refractivity (Wildman–Crippen MR) is 152 cm³/mol. The lowest BCUT2D eigenvalue weighted by atomic mass is 10.0. The van der Waals surface area contributed by atoms with Crippen molar-refractivity contribution < 1.29 is 4.79 Å². The molecule has 36 heavy (non-hydrogen) atoms. The van der Waals surface area contributed by atoms with Gasteiger partial charge in [-0.15, -0.1) is 0 Å². The van der Waals surface area contributed by atoms with Crippen LogP contribution in [0.3, 0.4) is 0 Å². The van der Waals surface area contributed by atoms with Crippen molar-refractivity contribution in [2.75, 3.05) is 18.5 Å². The number of anilines is 1. The van der Waals surface area contributed by atoms with Crippen LogP contribution in [0.1, 0.15) is 30.6 Å². The molecule has 1 aromatic heterocycles. The fourth-order valence-corrected chi connectivity index (χ4v) is 4.99. The van der Waals surface area contributed by atoms with Gasteiger partial charge in [-0.3, -0.25) is 4.79 Å². The Morgan fingerprint density at radius 1 is 0.833 bits per heavy atom. The number of para-hydroxylation sites is 1. The molecule has 1 unspecified atom stereocenters. The lowest BCUT2D eigenvalue weighted by Crippen LogP contribution is -2.33. The quantitative estimate of drug-likeness (QED) is 0.259. The number of carbonyl (C=O) groups is 1. The Kier molecular flexibility index (Phi) is 6.77. The lowest BCUT2D eigenvalue weighted by Gasteiger charge is -2.27. The number of hydrogen-bond acceptors (Lipinski definition) is 2. The normalized spacial score (nSPS) is 12.1. The molecule has 0 spiro atoms. The summed E-state index contributed by atoms with van der Waals surface area (Å²) in [5, 5.41) is 5.67. The molecule has 182 valence electrons. The summed E-state index contributed by atoms with van der Waals surface area (Å²) in [7, 11) is 2.13. The predicted octanol–water partition coefficient (Wildman–Crippen LogP) is 7.13. The van der Waals surface area contributed by atoms with E-state index in [2.05, 4.69) is 90.3 Å². The summed E-state index contributed by atoms with van der Waals surface area (Å²) < 4.78 is 2.37. The Balaban J connectivity index is 1.22. The summed E-state index contributed by atoms with van der Waals surface area (Å²) in [6, 6.07) is 33.7. The van der Waals surface area contributed by atoms with Gasteiger partial charge in [0.25, 0.3) is 5.91 Å². The number of nitrogens with zero attached hydrogens (tertiary/aromatic N) is 2. The average Bonchev–Trinajstić information content (AvgIpc) is 3.26. The largest absolute Gasteiger partial charge is 0.372 e. The number of carbonyl (C=O) groups excluding carboxylic acids is 1. The Morgan fingerprint density at radius 3 is 2.25 bits per heavy atom. The van der Waals surface area contributed by atoms with E-state index >= 15 is 0 Å². The Labute approximate surface area is 213 Å². The number of aryl methyl sites for hydroxylation is 1. The van der Waals surface area contributed by atoms with E-state index in [1.165, 1.54) is 27.5 Å². The van der Waals surface area contributed by atoms with Gasteiger partial charge >= 0.3 is 0 Å².